The van der Waals surface area contributed by atoms with Gasteiger partial charge in [0.2, 0.25) is 0 Å². The maximum absolute atomic E-state index is 9.28. The number of hydrogen-bond acceptors (Lipinski definition) is 5. The molecule has 5 heteroatoms. The molecule has 0 fully saturated rings. The predicted molar refractivity (Wildman–Crippen MR) is 83.4 cm³/mol. The van der Waals surface area contributed by atoms with Gasteiger partial charge in [0.05, 0.1) is 24.5 Å². The van der Waals surface area contributed by atoms with Crippen molar-refractivity contribution in [3.8, 4) is 6.07 Å². The number of thioether (sulfide) groups is 1. The lowest BCUT2D eigenvalue weighted by atomic mass is 10.2. The molecule has 0 aromatic heterocycles. The van der Waals surface area contributed by atoms with E-state index in [1.165, 1.54) is 0 Å². The lowest BCUT2D eigenvalue weighted by Gasteiger charge is -2.11. The molecular formula is C15H22N2O2S. The Bertz CT molecular complexity index is 432. The molecule has 0 aliphatic heterocycles. The molecule has 1 aromatic rings. The summed E-state index contributed by atoms with van der Waals surface area (Å²) >= 11 is 1.69. The number of anilines is 1. The van der Waals surface area contributed by atoms with Crippen LogP contribution >= 0.6 is 11.8 Å². The Morgan fingerprint density at radius 1 is 1.30 bits per heavy atom. The van der Waals surface area contributed by atoms with E-state index in [9.17, 15) is 5.26 Å². The molecule has 0 saturated carbocycles. The van der Waals surface area contributed by atoms with E-state index in [0.29, 0.717) is 19.8 Å². The van der Waals surface area contributed by atoms with Crippen LogP contribution in [0.4, 0.5) is 5.69 Å². The van der Waals surface area contributed by atoms with E-state index in [2.05, 4.69) is 18.3 Å². The van der Waals surface area contributed by atoms with E-state index in [4.69, 9.17) is 9.47 Å². The average molecular weight is 294 g/mol. The Hall–Kier alpha value is -1.22. The highest BCUT2D eigenvalue weighted by atomic mass is 32.2. The molecule has 20 heavy (non-hydrogen) atoms. The van der Waals surface area contributed by atoms with E-state index in [0.717, 1.165) is 34.9 Å². The molecular weight excluding hydrogens is 272 g/mol. The molecule has 0 aliphatic carbocycles. The number of nitrogens with one attached hydrogen (secondary N) is 1. The maximum Gasteiger partial charge on any atom is 0.102 e. The van der Waals surface area contributed by atoms with Crippen LogP contribution in [0.3, 0.4) is 0 Å². The van der Waals surface area contributed by atoms with Crippen molar-refractivity contribution in [2.45, 2.75) is 18.2 Å². The van der Waals surface area contributed by atoms with Crippen LogP contribution in [0.1, 0.15) is 18.9 Å². The summed E-state index contributed by atoms with van der Waals surface area (Å²) in [6, 6.07) is 8.21. The molecule has 0 atom stereocenters. The Kier molecular flexibility index (Phi) is 8.88. The third kappa shape index (κ3) is 5.83. The Labute approximate surface area is 125 Å². The molecule has 0 heterocycles. The van der Waals surface area contributed by atoms with Gasteiger partial charge < -0.3 is 14.8 Å². The van der Waals surface area contributed by atoms with Gasteiger partial charge in [-0.25, -0.2) is 0 Å². The Morgan fingerprint density at radius 3 is 2.85 bits per heavy atom. The van der Waals surface area contributed by atoms with Crippen LogP contribution in [0.25, 0.3) is 0 Å². The molecule has 0 unspecified atom stereocenters. The molecule has 4 nitrogen and oxygen atoms in total. The van der Waals surface area contributed by atoms with E-state index >= 15 is 0 Å². The zero-order valence-electron chi connectivity index (χ0n) is 12.1. The van der Waals surface area contributed by atoms with Crippen LogP contribution in [0, 0.1) is 11.3 Å². The normalized spacial score (nSPS) is 10.2. The molecule has 0 bridgehead atoms. The minimum absolute atomic E-state index is 0.627. The van der Waals surface area contributed by atoms with Crippen molar-refractivity contribution in [2.75, 3.05) is 44.5 Å². The first-order valence-electron chi connectivity index (χ1n) is 6.80. The summed E-state index contributed by atoms with van der Waals surface area (Å²) in [5.41, 5.74) is 1.64. The highest BCUT2D eigenvalue weighted by Crippen LogP contribution is 2.27. The largest absolute Gasteiger partial charge is 0.384 e. The molecule has 110 valence electrons. The number of ether oxygens (including phenoxy) is 2. The zero-order valence-corrected chi connectivity index (χ0v) is 13.0. The molecule has 1 rings (SSSR count). The molecule has 1 aromatic carbocycles. The first-order chi connectivity index (χ1) is 9.83. The maximum atomic E-state index is 9.28. The van der Waals surface area contributed by atoms with Gasteiger partial charge in [0.25, 0.3) is 0 Å². The van der Waals surface area contributed by atoms with Crippen LogP contribution in [-0.4, -0.2) is 39.2 Å². The molecule has 0 saturated heterocycles. The van der Waals surface area contributed by atoms with Gasteiger partial charge in [0.1, 0.15) is 6.07 Å². The van der Waals surface area contributed by atoms with Crippen molar-refractivity contribution >= 4 is 17.4 Å². The van der Waals surface area contributed by atoms with Crippen molar-refractivity contribution in [2.24, 2.45) is 0 Å². The number of rotatable bonds is 10. The summed E-state index contributed by atoms with van der Waals surface area (Å²) < 4.78 is 10.3. The lowest BCUT2D eigenvalue weighted by molar-refractivity contribution is 0.0705. The standard InChI is InChI=1S/C15H22N2O2S/c1-3-20-15-7-4-6-14(13(15)12-16)17-8-5-9-19-11-10-18-2/h4,6-7,17H,3,5,8-11H2,1-2H3. The lowest BCUT2D eigenvalue weighted by Crippen LogP contribution is -2.09. The summed E-state index contributed by atoms with van der Waals surface area (Å²) in [4.78, 5) is 1.04. The van der Waals surface area contributed by atoms with E-state index < -0.39 is 0 Å². The molecule has 0 amide bonds. The second kappa shape index (κ2) is 10.6. The number of benzene rings is 1. The van der Waals surface area contributed by atoms with Gasteiger partial charge in [-0.15, -0.1) is 11.8 Å². The van der Waals surface area contributed by atoms with Gasteiger partial charge in [-0.1, -0.05) is 13.0 Å². The second-order valence-corrected chi connectivity index (χ2v) is 5.41. The van der Waals surface area contributed by atoms with Crippen LogP contribution in [-0.2, 0) is 9.47 Å². The highest BCUT2D eigenvalue weighted by Gasteiger charge is 2.07. The molecule has 0 aliphatic rings. The molecule has 0 radical (unpaired) electrons. The summed E-state index contributed by atoms with van der Waals surface area (Å²) in [5, 5.41) is 12.6. The second-order valence-electron chi connectivity index (χ2n) is 4.11. The van der Waals surface area contributed by atoms with Crippen LogP contribution in [0.5, 0.6) is 0 Å². The van der Waals surface area contributed by atoms with E-state index in [-0.39, 0.29) is 0 Å². The fourth-order valence-electron chi connectivity index (χ4n) is 1.71. The van der Waals surface area contributed by atoms with Gasteiger partial charge in [0.15, 0.2) is 0 Å². The SMILES string of the molecule is CCSc1cccc(NCCCOCCOC)c1C#N. The number of methoxy groups -OCH3 is 1. The summed E-state index contributed by atoms with van der Waals surface area (Å²) in [6.07, 6.45) is 0.903. The van der Waals surface area contributed by atoms with Crippen molar-refractivity contribution in [3.05, 3.63) is 23.8 Å². The van der Waals surface area contributed by atoms with Crippen molar-refractivity contribution in [3.63, 3.8) is 0 Å². The van der Waals surface area contributed by atoms with Crippen LogP contribution in [0.15, 0.2) is 23.1 Å². The quantitative estimate of drug-likeness (QED) is 0.531. The smallest absolute Gasteiger partial charge is 0.102 e. The zero-order chi connectivity index (χ0) is 14.6. The van der Waals surface area contributed by atoms with Crippen molar-refractivity contribution in [1.82, 2.24) is 0 Å². The van der Waals surface area contributed by atoms with Gasteiger partial charge in [-0.3, -0.25) is 0 Å². The first kappa shape index (κ1) is 16.8. The van der Waals surface area contributed by atoms with Gasteiger partial charge >= 0.3 is 0 Å². The summed E-state index contributed by atoms with van der Waals surface area (Å²) in [6.45, 7) is 4.83. The van der Waals surface area contributed by atoms with E-state index in [1.54, 1.807) is 18.9 Å². The number of nitriles is 1. The van der Waals surface area contributed by atoms with Crippen molar-refractivity contribution in [1.29, 1.82) is 5.26 Å². The van der Waals surface area contributed by atoms with Crippen LogP contribution < -0.4 is 5.32 Å². The third-order valence-corrected chi connectivity index (χ3v) is 3.59. The minimum Gasteiger partial charge on any atom is -0.384 e. The monoisotopic (exact) mass is 294 g/mol. The number of nitrogens with zero attached hydrogens (tertiary/aromatic N) is 1. The van der Waals surface area contributed by atoms with Gasteiger partial charge in [-0.2, -0.15) is 5.26 Å². The average Bonchev–Trinajstić information content (AvgIpc) is 2.47. The summed E-state index contributed by atoms with van der Waals surface area (Å²) in [5.74, 6) is 0.964. The summed E-state index contributed by atoms with van der Waals surface area (Å²) in [7, 11) is 1.66. The van der Waals surface area contributed by atoms with Gasteiger partial charge in [0, 0.05) is 25.2 Å². The molecule has 0 spiro atoms. The van der Waals surface area contributed by atoms with E-state index in [1.807, 2.05) is 18.2 Å². The first-order valence-corrected chi connectivity index (χ1v) is 7.78. The van der Waals surface area contributed by atoms with Crippen LogP contribution in [0.2, 0.25) is 0 Å². The Balaban J connectivity index is 2.40. The van der Waals surface area contributed by atoms with Gasteiger partial charge in [-0.05, 0) is 24.3 Å². The highest BCUT2D eigenvalue weighted by molar-refractivity contribution is 7.99. The fourth-order valence-corrected chi connectivity index (χ4v) is 2.50. The number of hydrogen-bond donors (Lipinski definition) is 1. The fraction of sp³-hybridized carbons (Fsp3) is 0.533. The molecule has 1 N–H and O–H groups in total. The van der Waals surface area contributed by atoms with Crippen molar-refractivity contribution < 1.29 is 9.47 Å². The third-order valence-electron chi connectivity index (χ3n) is 2.65. The topological polar surface area (TPSA) is 54.3 Å². The Morgan fingerprint density at radius 2 is 2.15 bits per heavy atom. The minimum atomic E-state index is 0.627. The predicted octanol–water partition coefficient (Wildman–Crippen LogP) is 3.14.